The van der Waals surface area contributed by atoms with Gasteiger partial charge in [-0.25, -0.2) is 0 Å². The molecule has 4 aromatic rings. The Hall–Kier alpha value is -3.23. The summed E-state index contributed by atoms with van der Waals surface area (Å²) >= 11 is 0. The Labute approximate surface area is 170 Å². The average molecular weight is 386 g/mol. The quantitative estimate of drug-likeness (QED) is 0.459. The first-order chi connectivity index (χ1) is 14.2. The molecule has 0 fully saturated rings. The van der Waals surface area contributed by atoms with Crippen LogP contribution in [0.5, 0.6) is 5.75 Å². The van der Waals surface area contributed by atoms with Gasteiger partial charge in [-0.05, 0) is 69.3 Å². The van der Waals surface area contributed by atoms with Crippen molar-refractivity contribution in [3.63, 3.8) is 0 Å². The molecule has 2 aromatic heterocycles. The molecule has 2 aromatic carbocycles. The summed E-state index contributed by atoms with van der Waals surface area (Å²) in [6.45, 7) is 3.85. The molecule has 0 aliphatic rings. The Morgan fingerprint density at radius 2 is 1.97 bits per heavy atom. The van der Waals surface area contributed by atoms with Crippen molar-refractivity contribution in [1.82, 2.24) is 14.9 Å². The van der Waals surface area contributed by atoms with Gasteiger partial charge >= 0.3 is 0 Å². The van der Waals surface area contributed by atoms with E-state index < -0.39 is 0 Å². The largest absolute Gasteiger partial charge is 0.497 e. The van der Waals surface area contributed by atoms with E-state index in [2.05, 4.69) is 58.2 Å². The minimum absolute atomic E-state index is 0.781. The van der Waals surface area contributed by atoms with Crippen molar-refractivity contribution in [3.8, 4) is 11.8 Å². The van der Waals surface area contributed by atoms with Gasteiger partial charge in [0.15, 0.2) is 0 Å². The van der Waals surface area contributed by atoms with Crippen LogP contribution in [0.25, 0.3) is 21.8 Å². The van der Waals surface area contributed by atoms with Crippen LogP contribution in [0.1, 0.15) is 28.9 Å². The summed E-state index contributed by atoms with van der Waals surface area (Å²) < 4.78 is 7.58. The number of hydrogen-bond donors (Lipinski definition) is 2. The number of H-pyrrole nitrogens is 1. The third-order valence-electron chi connectivity index (χ3n) is 5.59. The molecule has 0 saturated heterocycles. The molecule has 4 rings (SSSR count). The Kier molecular flexibility index (Phi) is 5.28. The summed E-state index contributed by atoms with van der Waals surface area (Å²) in [4.78, 5) is 3.48. The van der Waals surface area contributed by atoms with Crippen molar-refractivity contribution in [1.29, 1.82) is 5.26 Å². The molecule has 2 heterocycles. The van der Waals surface area contributed by atoms with Crippen molar-refractivity contribution < 1.29 is 4.74 Å². The number of nitriles is 1. The standard InChI is InChI=1S/C24H26N4O/c1-16-13-19-23(28(16)15-17-6-8-18(29-3)9-7-17)11-10-22-24(19)20(14-25)21(27-22)5-4-12-26-2/h6-11,13,26-27H,4-5,12,15H2,1-3H3. The highest BCUT2D eigenvalue weighted by molar-refractivity contribution is 6.09. The van der Waals surface area contributed by atoms with Gasteiger partial charge in [0.2, 0.25) is 0 Å². The van der Waals surface area contributed by atoms with Crippen LogP contribution >= 0.6 is 0 Å². The van der Waals surface area contributed by atoms with Crippen molar-refractivity contribution >= 4 is 21.8 Å². The zero-order chi connectivity index (χ0) is 20.4. The van der Waals surface area contributed by atoms with E-state index in [1.807, 2.05) is 19.2 Å². The molecule has 0 atom stereocenters. The van der Waals surface area contributed by atoms with Gasteiger partial charge < -0.3 is 19.6 Å². The van der Waals surface area contributed by atoms with Crippen molar-refractivity contribution in [3.05, 3.63) is 65.0 Å². The highest BCUT2D eigenvalue weighted by Crippen LogP contribution is 2.33. The average Bonchev–Trinajstić information content (AvgIpc) is 3.25. The lowest BCUT2D eigenvalue weighted by atomic mass is 10.1. The summed E-state index contributed by atoms with van der Waals surface area (Å²) in [7, 11) is 3.63. The van der Waals surface area contributed by atoms with Crippen LogP contribution in [-0.4, -0.2) is 30.3 Å². The summed E-state index contributed by atoms with van der Waals surface area (Å²) in [6.07, 6.45) is 1.87. The molecule has 0 radical (unpaired) electrons. The van der Waals surface area contributed by atoms with E-state index >= 15 is 0 Å². The minimum atomic E-state index is 0.781. The molecule has 0 spiro atoms. The van der Waals surface area contributed by atoms with Gasteiger partial charge in [0, 0.05) is 39.7 Å². The number of aromatic nitrogens is 2. The molecular formula is C24H26N4O. The predicted molar refractivity (Wildman–Crippen MR) is 118 cm³/mol. The molecule has 29 heavy (non-hydrogen) atoms. The maximum absolute atomic E-state index is 9.88. The smallest absolute Gasteiger partial charge is 0.118 e. The number of aromatic amines is 1. The molecular weight excluding hydrogens is 360 g/mol. The molecule has 5 heteroatoms. The summed E-state index contributed by atoms with van der Waals surface area (Å²) in [5.41, 5.74) is 6.41. The zero-order valence-corrected chi connectivity index (χ0v) is 17.2. The van der Waals surface area contributed by atoms with E-state index in [0.717, 1.165) is 64.7 Å². The van der Waals surface area contributed by atoms with E-state index in [4.69, 9.17) is 4.74 Å². The topological polar surface area (TPSA) is 65.8 Å². The second-order valence-electron chi connectivity index (χ2n) is 7.44. The number of nitrogens with zero attached hydrogens (tertiary/aromatic N) is 2. The van der Waals surface area contributed by atoms with Crippen LogP contribution in [0.3, 0.4) is 0 Å². The summed E-state index contributed by atoms with van der Waals surface area (Å²) in [5.74, 6) is 0.862. The first kappa shape index (κ1) is 19.1. The normalized spacial score (nSPS) is 11.2. The maximum atomic E-state index is 9.88. The van der Waals surface area contributed by atoms with E-state index in [-0.39, 0.29) is 0 Å². The van der Waals surface area contributed by atoms with Crippen LogP contribution in [0, 0.1) is 18.3 Å². The number of benzene rings is 2. The van der Waals surface area contributed by atoms with Gasteiger partial charge in [-0.3, -0.25) is 0 Å². The Balaban J connectivity index is 1.78. The number of hydrogen-bond acceptors (Lipinski definition) is 3. The first-order valence-corrected chi connectivity index (χ1v) is 9.97. The van der Waals surface area contributed by atoms with Crippen molar-refractivity contribution in [2.75, 3.05) is 20.7 Å². The van der Waals surface area contributed by atoms with Gasteiger partial charge in [0.25, 0.3) is 0 Å². The van der Waals surface area contributed by atoms with Gasteiger partial charge in [-0.1, -0.05) is 12.1 Å². The molecule has 2 N–H and O–H groups in total. The van der Waals surface area contributed by atoms with Crippen LogP contribution in [0.2, 0.25) is 0 Å². The van der Waals surface area contributed by atoms with E-state index in [1.54, 1.807) is 7.11 Å². The maximum Gasteiger partial charge on any atom is 0.118 e. The van der Waals surface area contributed by atoms with Crippen molar-refractivity contribution in [2.24, 2.45) is 0 Å². The molecule has 0 bridgehead atoms. The van der Waals surface area contributed by atoms with Crippen molar-refractivity contribution in [2.45, 2.75) is 26.3 Å². The van der Waals surface area contributed by atoms with E-state index in [1.165, 1.54) is 11.3 Å². The third-order valence-corrected chi connectivity index (χ3v) is 5.59. The molecule has 5 nitrogen and oxygen atoms in total. The molecule has 0 aliphatic heterocycles. The predicted octanol–water partition coefficient (Wildman–Crippen LogP) is 4.51. The number of fused-ring (bicyclic) bond motifs is 3. The molecule has 148 valence electrons. The van der Waals surface area contributed by atoms with E-state index in [9.17, 15) is 5.26 Å². The number of ether oxygens (including phenoxy) is 1. The highest BCUT2D eigenvalue weighted by atomic mass is 16.5. The summed E-state index contributed by atoms with van der Waals surface area (Å²) in [5, 5.41) is 15.2. The van der Waals surface area contributed by atoms with Gasteiger partial charge in [0.05, 0.1) is 12.7 Å². The fourth-order valence-corrected chi connectivity index (χ4v) is 4.09. The van der Waals surface area contributed by atoms with Crippen LogP contribution in [-0.2, 0) is 13.0 Å². The fraction of sp³-hybridized carbons (Fsp3) is 0.292. The van der Waals surface area contributed by atoms with Crippen LogP contribution < -0.4 is 10.1 Å². The lowest BCUT2D eigenvalue weighted by molar-refractivity contribution is 0.414. The Bertz CT molecular complexity index is 1190. The van der Waals surface area contributed by atoms with Crippen LogP contribution in [0.15, 0.2) is 42.5 Å². The molecule has 0 unspecified atom stereocenters. The minimum Gasteiger partial charge on any atom is -0.497 e. The van der Waals surface area contributed by atoms with E-state index in [0.29, 0.717) is 0 Å². The third kappa shape index (κ3) is 3.48. The Morgan fingerprint density at radius 1 is 1.17 bits per heavy atom. The van der Waals surface area contributed by atoms with Gasteiger partial charge in [-0.15, -0.1) is 0 Å². The Morgan fingerprint density at radius 3 is 2.66 bits per heavy atom. The van der Waals surface area contributed by atoms with Crippen LogP contribution in [0.4, 0.5) is 0 Å². The first-order valence-electron chi connectivity index (χ1n) is 9.97. The number of rotatable bonds is 7. The molecule has 0 aliphatic carbocycles. The number of aryl methyl sites for hydroxylation is 2. The number of methoxy groups -OCH3 is 1. The van der Waals surface area contributed by atoms with Gasteiger partial charge in [-0.2, -0.15) is 5.26 Å². The lowest BCUT2D eigenvalue weighted by Gasteiger charge is -2.09. The zero-order valence-electron chi connectivity index (χ0n) is 17.2. The monoisotopic (exact) mass is 386 g/mol. The SMILES string of the molecule is CNCCCc1[nH]c2ccc3c(cc(C)n3Cc3ccc(OC)cc3)c2c1C#N. The summed E-state index contributed by atoms with van der Waals surface area (Å²) in [6, 6.07) is 17.1. The lowest BCUT2D eigenvalue weighted by Crippen LogP contribution is -2.08. The van der Waals surface area contributed by atoms with Gasteiger partial charge in [0.1, 0.15) is 11.8 Å². The highest BCUT2D eigenvalue weighted by Gasteiger charge is 2.17. The fourth-order valence-electron chi connectivity index (χ4n) is 4.09. The molecule has 0 saturated carbocycles. The second kappa shape index (κ2) is 8.02. The number of nitrogens with one attached hydrogen (secondary N) is 2. The molecule has 0 amide bonds. The second-order valence-corrected chi connectivity index (χ2v) is 7.44.